The summed E-state index contributed by atoms with van der Waals surface area (Å²) in [6.45, 7) is 4.45. The van der Waals surface area contributed by atoms with E-state index in [9.17, 15) is 14.4 Å². The average molecular weight is 482 g/mol. The Morgan fingerprint density at radius 2 is 1.85 bits per heavy atom. The molecule has 178 valence electrons. The molecule has 1 aliphatic rings. The minimum Gasteiger partial charge on any atom is -0.466 e. The number of nitrogens with one attached hydrogen (secondary N) is 1. The van der Waals surface area contributed by atoms with Crippen molar-refractivity contribution in [3.8, 4) is 0 Å². The van der Waals surface area contributed by atoms with Gasteiger partial charge in [-0.15, -0.1) is 11.3 Å². The maximum absolute atomic E-state index is 12.7. The van der Waals surface area contributed by atoms with Crippen molar-refractivity contribution in [2.45, 2.75) is 26.3 Å². The van der Waals surface area contributed by atoms with E-state index < -0.39 is 5.97 Å². The summed E-state index contributed by atoms with van der Waals surface area (Å²) in [6, 6.07) is 12.6. The number of likely N-dealkylation sites (tertiary alicyclic amines) is 1. The van der Waals surface area contributed by atoms with E-state index in [1.807, 2.05) is 25.1 Å². The van der Waals surface area contributed by atoms with Crippen LogP contribution >= 0.6 is 11.3 Å². The molecule has 1 N–H and O–H groups in total. The summed E-state index contributed by atoms with van der Waals surface area (Å²) in [5, 5.41) is 3.56. The lowest BCUT2D eigenvalue weighted by Gasteiger charge is -2.30. The zero-order valence-electron chi connectivity index (χ0n) is 19.2. The first-order valence-electron chi connectivity index (χ1n) is 11.3. The van der Waals surface area contributed by atoms with Gasteiger partial charge in [0, 0.05) is 17.5 Å². The molecular weight excluding hydrogens is 454 g/mol. The van der Waals surface area contributed by atoms with Gasteiger partial charge in [0.1, 0.15) is 9.71 Å². The van der Waals surface area contributed by atoms with Crippen molar-refractivity contribution in [2.75, 3.05) is 32.1 Å². The fraction of sp³-hybridized carbons (Fsp3) is 0.360. The third-order valence-electron chi connectivity index (χ3n) is 5.85. The van der Waals surface area contributed by atoms with Gasteiger partial charge in [0.2, 0.25) is 0 Å². The number of amides is 1. The molecule has 1 saturated heterocycles. The Hall–Kier alpha value is -3.30. The SMILES string of the molecule is CCOC(=O)C1CCN(Cc2ccc3c(NC(=O)c4ccccc4)c(C(=O)OC)sc3n2)CC1. The van der Waals surface area contributed by atoms with Gasteiger partial charge in [-0.05, 0) is 57.1 Å². The van der Waals surface area contributed by atoms with Crippen molar-refractivity contribution in [2.24, 2.45) is 5.92 Å². The van der Waals surface area contributed by atoms with Gasteiger partial charge in [-0.1, -0.05) is 18.2 Å². The summed E-state index contributed by atoms with van der Waals surface area (Å²) in [5.74, 6) is -0.976. The number of piperidine rings is 1. The van der Waals surface area contributed by atoms with Crippen molar-refractivity contribution in [1.29, 1.82) is 0 Å². The fourth-order valence-corrected chi connectivity index (χ4v) is 5.12. The minimum atomic E-state index is -0.519. The molecule has 1 fully saturated rings. The molecule has 0 aliphatic carbocycles. The normalized spacial score (nSPS) is 14.6. The van der Waals surface area contributed by atoms with Gasteiger partial charge in [-0.3, -0.25) is 14.5 Å². The molecule has 34 heavy (non-hydrogen) atoms. The summed E-state index contributed by atoms with van der Waals surface area (Å²) >= 11 is 1.20. The number of carbonyl (C=O) groups excluding carboxylic acids is 3. The third kappa shape index (κ3) is 5.26. The number of carbonyl (C=O) groups is 3. The number of nitrogens with zero attached hydrogens (tertiary/aromatic N) is 2. The second-order valence-corrected chi connectivity index (χ2v) is 9.07. The van der Waals surface area contributed by atoms with Crippen LogP contribution < -0.4 is 5.32 Å². The van der Waals surface area contributed by atoms with Crippen LogP contribution in [0.2, 0.25) is 0 Å². The summed E-state index contributed by atoms with van der Waals surface area (Å²) in [4.78, 5) is 45.1. The second-order valence-electron chi connectivity index (χ2n) is 8.08. The largest absolute Gasteiger partial charge is 0.466 e. The fourth-order valence-electron chi connectivity index (χ4n) is 4.06. The van der Waals surface area contributed by atoms with E-state index in [0.717, 1.165) is 31.6 Å². The van der Waals surface area contributed by atoms with Gasteiger partial charge in [0.15, 0.2) is 0 Å². The van der Waals surface area contributed by atoms with E-state index in [1.165, 1.54) is 18.4 Å². The maximum Gasteiger partial charge on any atom is 0.350 e. The molecule has 0 atom stereocenters. The first kappa shape index (κ1) is 23.8. The molecule has 9 heteroatoms. The van der Waals surface area contributed by atoms with Crippen LogP contribution in [0.25, 0.3) is 10.2 Å². The monoisotopic (exact) mass is 481 g/mol. The molecule has 0 unspecified atom stereocenters. The molecule has 8 nitrogen and oxygen atoms in total. The zero-order chi connectivity index (χ0) is 24.1. The highest BCUT2D eigenvalue weighted by Gasteiger charge is 2.27. The predicted molar refractivity (Wildman–Crippen MR) is 130 cm³/mol. The average Bonchev–Trinajstić information content (AvgIpc) is 3.22. The summed E-state index contributed by atoms with van der Waals surface area (Å²) < 4.78 is 10.1. The topological polar surface area (TPSA) is 97.8 Å². The Morgan fingerprint density at radius 1 is 1.12 bits per heavy atom. The summed E-state index contributed by atoms with van der Waals surface area (Å²) in [5.41, 5.74) is 1.77. The lowest BCUT2D eigenvalue weighted by Crippen LogP contribution is -2.36. The van der Waals surface area contributed by atoms with Crippen molar-refractivity contribution in [1.82, 2.24) is 9.88 Å². The first-order valence-corrected chi connectivity index (χ1v) is 12.1. The van der Waals surface area contributed by atoms with Crippen LogP contribution in [-0.2, 0) is 20.8 Å². The number of anilines is 1. The Morgan fingerprint density at radius 3 is 2.53 bits per heavy atom. The minimum absolute atomic E-state index is 0.0395. The highest BCUT2D eigenvalue weighted by atomic mass is 32.1. The van der Waals surface area contributed by atoms with Crippen LogP contribution in [-0.4, -0.2) is 54.5 Å². The van der Waals surface area contributed by atoms with Crippen LogP contribution in [0.5, 0.6) is 0 Å². The van der Waals surface area contributed by atoms with E-state index in [2.05, 4.69) is 10.2 Å². The van der Waals surface area contributed by atoms with Crippen LogP contribution in [0.15, 0.2) is 42.5 Å². The molecule has 0 spiro atoms. The number of esters is 2. The highest BCUT2D eigenvalue weighted by molar-refractivity contribution is 7.21. The Kier molecular flexibility index (Phi) is 7.54. The van der Waals surface area contributed by atoms with Gasteiger partial charge in [-0.2, -0.15) is 0 Å². The number of rotatable bonds is 7. The highest BCUT2D eigenvalue weighted by Crippen LogP contribution is 2.36. The van der Waals surface area contributed by atoms with E-state index in [-0.39, 0.29) is 17.8 Å². The number of ether oxygens (including phenoxy) is 2. The van der Waals surface area contributed by atoms with Crippen molar-refractivity contribution >= 4 is 45.1 Å². The van der Waals surface area contributed by atoms with E-state index in [0.29, 0.717) is 39.5 Å². The van der Waals surface area contributed by atoms with Crippen molar-refractivity contribution in [3.63, 3.8) is 0 Å². The Labute approximate surface area is 201 Å². The van der Waals surface area contributed by atoms with Gasteiger partial charge >= 0.3 is 11.9 Å². The molecule has 3 aromatic rings. The molecule has 1 aromatic carbocycles. The standard InChI is InChI=1S/C25H27N3O5S/c1-3-33-24(30)17-11-13-28(14-12-17)15-18-9-10-19-20(21(25(31)32-2)34-23(19)26-18)27-22(29)16-7-5-4-6-8-16/h4-10,17H,3,11-15H2,1-2H3,(H,27,29). The number of pyridine rings is 1. The number of hydrogen-bond acceptors (Lipinski definition) is 8. The maximum atomic E-state index is 12.7. The number of benzene rings is 1. The molecule has 2 aromatic heterocycles. The Balaban J connectivity index is 1.52. The van der Waals surface area contributed by atoms with Crippen LogP contribution in [0.1, 0.15) is 45.5 Å². The smallest absolute Gasteiger partial charge is 0.350 e. The van der Waals surface area contributed by atoms with Crippen molar-refractivity contribution < 1.29 is 23.9 Å². The van der Waals surface area contributed by atoms with Crippen LogP contribution in [0.4, 0.5) is 5.69 Å². The molecule has 0 saturated carbocycles. The molecule has 1 aliphatic heterocycles. The molecule has 4 rings (SSSR count). The van der Waals surface area contributed by atoms with E-state index >= 15 is 0 Å². The number of thiophene rings is 1. The number of fused-ring (bicyclic) bond motifs is 1. The molecule has 3 heterocycles. The lowest BCUT2D eigenvalue weighted by molar-refractivity contribution is -0.149. The molecular formula is C25H27N3O5S. The number of methoxy groups -OCH3 is 1. The molecule has 0 radical (unpaired) electrons. The van der Waals surface area contributed by atoms with Crippen LogP contribution in [0, 0.1) is 5.92 Å². The van der Waals surface area contributed by atoms with Gasteiger partial charge in [0.25, 0.3) is 5.91 Å². The zero-order valence-corrected chi connectivity index (χ0v) is 20.0. The quantitative estimate of drug-likeness (QED) is 0.507. The van der Waals surface area contributed by atoms with Gasteiger partial charge in [-0.25, -0.2) is 9.78 Å². The van der Waals surface area contributed by atoms with E-state index in [4.69, 9.17) is 14.5 Å². The third-order valence-corrected chi connectivity index (χ3v) is 6.93. The Bertz CT molecular complexity index is 1190. The predicted octanol–water partition coefficient (Wildman–Crippen LogP) is 4.11. The lowest BCUT2D eigenvalue weighted by atomic mass is 9.97. The number of hydrogen-bond donors (Lipinski definition) is 1. The molecule has 1 amide bonds. The summed E-state index contributed by atoms with van der Waals surface area (Å²) in [6.07, 6.45) is 1.53. The van der Waals surface area contributed by atoms with Crippen LogP contribution in [0.3, 0.4) is 0 Å². The number of aromatic nitrogens is 1. The van der Waals surface area contributed by atoms with E-state index in [1.54, 1.807) is 24.3 Å². The first-order chi connectivity index (χ1) is 16.5. The van der Waals surface area contributed by atoms with Crippen molar-refractivity contribution in [3.05, 3.63) is 58.6 Å². The summed E-state index contributed by atoms with van der Waals surface area (Å²) in [7, 11) is 1.31. The molecule has 0 bridgehead atoms. The second kappa shape index (κ2) is 10.8. The van der Waals surface area contributed by atoms with Gasteiger partial charge < -0.3 is 14.8 Å². The van der Waals surface area contributed by atoms with Gasteiger partial charge in [0.05, 0.1) is 31.0 Å².